The normalized spacial score (nSPS) is 11.0. The Morgan fingerprint density at radius 1 is 1.04 bits per heavy atom. The van der Waals surface area contributed by atoms with Crippen molar-refractivity contribution in [1.29, 1.82) is 0 Å². The summed E-state index contributed by atoms with van der Waals surface area (Å²) in [6.07, 6.45) is 1.90. The van der Waals surface area contributed by atoms with Crippen molar-refractivity contribution in [2.24, 2.45) is 5.92 Å². The number of esters is 1. The number of benzene rings is 2. The summed E-state index contributed by atoms with van der Waals surface area (Å²) in [7, 11) is 0. The molecule has 4 nitrogen and oxygen atoms in total. The Bertz CT molecular complexity index is 837. The fraction of sp³-hybridized carbons (Fsp3) is 0.286. The molecule has 1 heterocycles. The highest BCUT2D eigenvalue weighted by atomic mass is 16.5. The van der Waals surface area contributed by atoms with E-state index < -0.39 is 0 Å². The first-order valence-electron chi connectivity index (χ1n) is 8.53. The van der Waals surface area contributed by atoms with Gasteiger partial charge in [0.25, 0.3) is 0 Å². The predicted molar refractivity (Wildman–Crippen MR) is 98.5 cm³/mol. The van der Waals surface area contributed by atoms with Crippen LogP contribution in [0.4, 0.5) is 0 Å². The minimum absolute atomic E-state index is 0.207. The van der Waals surface area contributed by atoms with Gasteiger partial charge in [-0.1, -0.05) is 50.2 Å². The minimum Gasteiger partial charge on any atom is -0.488 e. The van der Waals surface area contributed by atoms with E-state index in [-0.39, 0.29) is 12.5 Å². The zero-order valence-corrected chi connectivity index (χ0v) is 14.6. The maximum Gasteiger partial charge on any atom is 0.325 e. The van der Waals surface area contributed by atoms with E-state index >= 15 is 0 Å². The molecule has 0 aliphatic carbocycles. The molecule has 0 unspecified atom stereocenters. The Morgan fingerprint density at radius 3 is 2.60 bits per heavy atom. The zero-order chi connectivity index (χ0) is 17.6. The molecule has 0 fully saturated rings. The van der Waals surface area contributed by atoms with Crippen LogP contribution in [0, 0.1) is 5.92 Å². The maximum atomic E-state index is 12.0. The average molecular weight is 337 g/mol. The van der Waals surface area contributed by atoms with Crippen LogP contribution in [0.3, 0.4) is 0 Å². The van der Waals surface area contributed by atoms with Gasteiger partial charge >= 0.3 is 5.97 Å². The summed E-state index contributed by atoms with van der Waals surface area (Å²) in [4.78, 5) is 12.0. The lowest BCUT2D eigenvalue weighted by molar-refractivity contribution is -0.145. The third-order valence-electron chi connectivity index (χ3n) is 3.89. The highest BCUT2D eigenvalue weighted by Gasteiger charge is 2.11. The Kier molecular flexibility index (Phi) is 5.39. The van der Waals surface area contributed by atoms with E-state index in [2.05, 4.69) is 0 Å². The highest BCUT2D eigenvalue weighted by molar-refractivity contribution is 5.87. The van der Waals surface area contributed by atoms with E-state index in [0.29, 0.717) is 19.1 Å². The molecule has 1 aromatic heterocycles. The van der Waals surface area contributed by atoms with Gasteiger partial charge in [0, 0.05) is 11.6 Å². The molecule has 130 valence electrons. The Morgan fingerprint density at radius 2 is 1.84 bits per heavy atom. The van der Waals surface area contributed by atoms with E-state index in [0.717, 1.165) is 22.2 Å². The number of carbonyl (C=O) groups excluding carboxylic acids is 1. The van der Waals surface area contributed by atoms with Crippen LogP contribution in [0.15, 0.2) is 60.8 Å². The van der Waals surface area contributed by atoms with Gasteiger partial charge in [-0.15, -0.1) is 0 Å². The van der Waals surface area contributed by atoms with Gasteiger partial charge in [0.2, 0.25) is 0 Å². The molecule has 0 atom stereocenters. The van der Waals surface area contributed by atoms with Gasteiger partial charge < -0.3 is 14.0 Å². The molecule has 0 bridgehead atoms. The van der Waals surface area contributed by atoms with Crippen LogP contribution < -0.4 is 4.74 Å². The SMILES string of the molecule is CC(C)COC(=O)Cn1ccc2c(OCc3ccccc3)cccc21. The Hall–Kier alpha value is -2.75. The number of hydrogen-bond acceptors (Lipinski definition) is 3. The summed E-state index contributed by atoms with van der Waals surface area (Å²) in [5.41, 5.74) is 2.09. The fourth-order valence-corrected chi connectivity index (χ4v) is 2.64. The van der Waals surface area contributed by atoms with Gasteiger partial charge in [0.05, 0.1) is 12.1 Å². The van der Waals surface area contributed by atoms with E-state index in [4.69, 9.17) is 9.47 Å². The van der Waals surface area contributed by atoms with Gasteiger partial charge in [-0.25, -0.2) is 0 Å². The molecule has 0 aliphatic rings. The molecule has 0 N–H and O–H groups in total. The molecule has 0 saturated carbocycles. The van der Waals surface area contributed by atoms with Gasteiger partial charge in [-0.2, -0.15) is 0 Å². The van der Waals surface area contributed by atoms with E-state index in [1.807, 2.05) is 79.2 Å². The first-order chi connectivity index (χ1) is 12.1. The van der Waals surface area contributed by atoms with Crippen molar-refractivity contribution in [2.75, 3.05) is 6.61 Å². The van der Waals surface area contributed by atoms with Gasteiger partial charge in [0.15, 0.2) is 0 Å². The van der Waals surface area contributed by atoms with Gasteiger partial charge in [-0.3, -0.25) is 4.79 Å². The first-order valence-corrected chi connectivity index (χ1v) is 8.53. The average Bonchev–Trinajstić information content (AvgIpc) is 3.02. The van der Waals surface area contributed by atoms with Crippen LogP contribution in [-0.4, -0.2) is 17.1 Å². The summed E-state index contributed by atoms with van der Waals surface area (Å²) < 4.78 is 13.1. The summed E-state index contributed by atoms with van der Waals surface area (Å²) >= 11 is 0. The van der Waals surface area contributed by atoms with Crippen molar-refractivity contribution in [2.45, 2.75) is 27.0 Å². The van der Waals surface area contributed by atoms with Crippen LogP contribution >= 0.6 is 0 Å². The molecular formula is C21H23NO3. The van der Waals surface area contributed by atoms with Crippen LogP contribution in [-0.2, 0) is 22.7 Å². The van der Waals surface area contributed by atoms with Crippen LogP contribution in [0.1, 0.15) is 19.4 Å². The van der Waals surface area contributed by atoms with Crippen LogP contribution in [0.2, 0.25) is 0 Å². The van der Waals surface area contributed by atoms with Crippen molar-refractivity contribution in [3.8, 4) is 5.75 Å². The lowest BCUT2D eigenvalue weighted by atomic mass is 10.2. The minimum atomic E-state index is -0.221. The molecule has 4 heteroatoms. The molecule has 3 rings (SSSR count). The Balaban J connectivity index is 1.72. The zero-order valence-electron chi connectivity index (χ0n) is 14.6. The third kappa shape index (κ3) is 4.41. The van der Waals surface area contributed by atoms with Gasteiger partial charge in [-0.05, 0) is 29.7 Å². The molecular weight excluding hydrogens is 314 g/mol. The second kappa shape index (κ2) is 7.88. The van der Waals surface area contributed by atoms with Crippen LogP contribution in [0.25, 0.3) is 10.9 Å². The summed E-state index contributed by atoms with van der Waals surface area (Å²) in [5, 5.41) is 0.995. The third-order valence-corrected chi connectivity index (χ3v) is 3.89. The molecule has 0 amide bonds. The first kappa shape index (κ1) is 17.1. The molecule has 2 aromatic carbocycles. The number of rotatable bonds is 7. The number of fused-ring (bicyclic) bond motifs is 1. The molecule has 25 heavy (non-hydrogen) atoms. The van der Waals surface area contributed by atoms with Gasteiger partial charge in [0.1, 0.15) is 18.9 Å². The number of hydrogen-bond donors (Lipinski definition) is 0. The number of ether oxygens (including phenoxy) is 2. The monoisotopic (exact) mass is 337 g/mol. The van der Waals surface area contributed by atoms with Crippen molar-refractivity contribution in [3.63, 3.8) is 0 Å². The number of carbonyl (C=O) groups is 1. The molecule has 3 aromatic rings. The van der Waals surface area contributed by atoms with E-state index in [1.54, 1.807) is 0 Å². The smallest absolute Gasteiger partial charge is 0.325 e. The van der Waals surface area contributed by atoms with Crippen molar-refractivity contribution >= 4 is 16.9 Å². The largest absolute Gasteiger partial charge is 0.488 e. The predicted octanol–water partition coefficient (Wildman–Crippen LogP) is 4.42. The molecule has 0 aliphatic heterocycles. The molecule has 0 radical (unpaired) electrons. The second-order valence-corrected chi connectivity index (χ2v) is 6.48. The summed E-state index contributed by atoms with van der Waals surface area (Å²) in [6.45, 7) is 5.22. The summed E-state index contributed by atoms with van der Waals surface area (Å²) in [6, 6.07) is 17.9. The van der Waals surface area contributed by atoms with E-state index in [1.165, 1.54) is 0 Å². The topological polar surface area (TPSA) is 40.5 Å². The molecule has 0 spiro atoms. The molecule has 0 saturated heterocycles. The summed E-state index contributed by atoms with van der Waals surface area (Å²) in [5.74, 6) is 0.931. The highest BCUT2D eigenvalue weighted by Crippen LogP contribution is 2.27. The second-order valence-electron chi connectivity index (χ2n) is 6.48. The van der Waals surface area contributed by atoms with Crippen molar-refractivity contribution in [1.82, 2.24) is 4.57 Å². The quantitative estimate of drug-likeness (QED) is 0.599. The number of aromatic nitrogens is 1. The Labute approximate surface area is 148 Å². The van der Waals surface area contributed by atoms with Crippen LogP contribution in [0.5, 0.6) is 5.75 Å². The van der Waals surface area contributed by atoms with Crippen molar-refractivity contribution in [3.05, 3.63) is 66.4 Å². The maximum absolute atomic E-state index is 12.0. The number of nitrogens with zero attached hydrogens (tertiary/aromatic N) is 1. The fourth-order valence-electron chi connectivity index (χ4n) is 2.64. The van der Waals surface area contributed by atoms with E-state index in [9.17, 15) is 4.79 Å². The standard InChI is InChI=1S/C21H23NO3/c1-16(2)14-25-21(23)13-22-12-11-18-19(22)9-6-10-20(18)24-15-17-7-4-3-5-8-17/h3-12,16H,13-15H2,1-2H3. The lowest BCUT2D eigenvalue weighted by Gasteiger charge is -2.10. The van der Waals surface area contributed by atoms with Crippen molar-refractivity contribution < 1.29 is 14.3 Å². The lowest BCUT2D eigenvalue weighted by Crippen LogP contribution is -2.15.